The van der Waals surface area contributed by atoms with E-state index in [2.05, 4.69) is 17.2 Å². The highest BCUT2D eigenvalue weighted by Gasteiger charge is 2.26. The molecular weight excluding hydrogens is 262 g/mol. The molecule has 1 saturated heterocycles. The molecule has 1 aliphatic heterocycles. The van der Waals surface area contributed by atoms with Crippen LogP contribution in [0.1, 0.15) is 31.4 Å². The zero-order chi connectivity index (χ0) is 13.0. The summed E-state index contributed by atoms with van der Waals surface area (Å²) in [5.41, 5.74) is 1.13. The van der Waals surface area contributed by atoms with Crippen molar-refractivity contribution in [2.24, 2.45) is 5.92 Å². The third-order valence-corrected chi connectivity index (χ3v) is 3.81. The fraction of sp³-hybridized carbons (Fsp3) is 0.571. The van der Waals surface area contributed by atoms with Crippen LogP contribution >= 0.6 is 12.4 Å². The van der Waals surface area contributed by atoms with Crippen LogP contribution in [0.5, 0.6) is 0 Å². The van der Waals surface area contributed by atoms with E-state index in [1.54, 1.807) is 12.4 Å². The van der Waals surface area contributed by atoms with Crippen molar-refractivity contribution in [3.05, 3.63) is 30.1 Å². The van der Waals surface area contributed by atoms with E-state index in [0.29, 0.717) is 0 Å². The van der Waals surface area contributed by atoms with Crippen molar-refractivity contribution < 1.29 is 4.79 Å². The first kappa shape index (κ1) is 15.9. The molecule has 5 heteroatoms. The van der Waals surface area contributed by atoms with Crippen molar-refractivity contribution in [1.29, 1.82) is 0 Å². The van der Waals surface area contributed by atoms with Crippen LogP contribution in [0, 0.1) is 5.92 Å². The van der Waals surface area contributed by atoms with Gasteiger partial charge >= 0.3 is 0 Å². The number of carbonyl (C=O) groups excluding carboxylic acids is 1. The number of halogens is 1. The molecule has 1 aromatic rings. The average Bonchev–Trinajstić information content (AvgIpc) is 2.47. The van der Waals surface area contributed by atoms with Gasteiger partial charge in [0.1, 0.15) is 0 Å². The number of hydrogen-bond donors (Lipinski definition) is 1. The minimum Gasteiger partial charge on any atom is -0.339 e. The van der Waals surface area contributed by atoms with Gasteiger partial charge in [-0.15, -0.1) is 12.4 Å². The number of piperidine rings is 1. The second-order valence-corrected chi connectivity index (χ2v) is 4.93. The first-order valence-corrected chi connectivity index (χ1v) is 6.57. The molecule has 19 heavy (non-hydrogen) atoms. The third-order valence-electron chi connectivity index (χ3n) is 3.81. The molecule has 1 fully saturated rings. The number of hydrogen-bond acceptors (Lipinski definition) is 3. The van der Waals surface area contributed by atoms with E-state index in [9.17, 15) is 4.79 Å². The van der Waals surface area contributed by atoms with Crippen molar-refractivity contribution in [1.82, 2.24) is 15.2 Å². The van der Waals surface area contributed by atoms with Crippen molar-refractivity contribution in [3.63, 3.8) is 0 Å². The fourth-order valence-corrected chi connectivity index (χ4v) is 2.41. The van der Waals surface area contributed by atoms with Crippen LogP contribution in [0.3, 0.4) is 0 Å². The van der Waals surface area contributed by atoms with Gasteiger partial charge in [-0.2, -0.15) is 0 Å². The Morgan fingerprint density at radius 3 is 2.53 bits per heavy atom. The monoisotopic (exact) mass is 283 g/mol. The minimum atomic E-state index is 0. The van der Waals surface area contributed by atoms with Gasteiger partial charge in [0, 0.05) is 25.4 Å². The van der Waals surface area contributed by atoms with Crippen LogP contribution in [0.15, 0.2) is 24.5 Å². The molecular formula is C14H22ClN3O. The van der Waals surface area contributed by atoms with E-state index in [0.717, 1.165) is 31.5 Å². The second-order valence-electron chi connectivity index (χ2n) is 4.93. The standard InChI is InChI=1S/C14H21N3O.ClH/c1-11(12-3-7-15-8-4-12)17(2)14(18)13-5-9-16-10-6-13;/h3-4,7-8,11,13,16H,5-6,9-10H2,1-2H3;1H. The van der Waals surface area contributed by atoms with Crippen LogP contribution in [-0.4, -0.2) is 35.9 Å². The summed E-state index contributed by atoms with van der Waals surface area (Å²) in [6, 6.07) is 4.05. The Hall–Kier alpha value is -1.13. The molecule has 4 nitrogen and oxygen atoms in total. The van der Waals surface area contributed by atoms with Gasteiger partial charge in [0.15, 0.2) is 0 Å². The Kier molecular flexibility index (Phi) is 6.25. The van der Waals surface area contributed by atoms with E-state index in [4.69, 9.17) is 0 Å². The molecule has 0 aliphatic carbocycles. The van der Waals surface area contributed by atoms with E-state index in [-0.39, 0.29) is 30.3 Å². The number of amides is 1. The molecule has 0 spiro atoms. The number of pyridine rings is 1. The molecule has 0 saturated carbocycles. The molecule has 1 amide bonds. The molecule has 1 atom stereocenters. The van der Waals surface area contributed by atoms with Gasteiger partial charge in [-0.05, 0) is 50.6 Å². The number of nitrogens with zero attached hydrogens (tertiary/aromatic N) is 2. The third kappa shape index (κ3) is 3.91. The SMILES string of the molecule is CC(c1ccncc1)N(C)C(=O)C1CCNCC1.Cl. The summed E-state index contributed by atoms with van der Waals surface area (Å²) in [5, 5.41) is 3.29. The van der Waals surface area contributed by atoms with Crippen molar-refractivity contribution in [2.45, 2.75) is 25.8 Å². The van der Waals surface area contributed by atoms with Crippen molar-refractivity contribution >= 4 is 18.3 Å². The first-order valence-electron chi connectivity index (χ1n) is 6.57. The van der Waals surface area contributed by atoms with E-state index in [1.165, 1.54) is 0 Å². The summed E-state index contributed by atoms with van der Waals surface area (Å²) in [4.78, 5) is 18.3. The van der Waals surface area contributed by atoms with Crippen LogP contribution in [0.4, 0.5) is 0 Å². The first-order chi connectivity index (χ1) is 8.70. The van der Waals surface area contributed by atoms with Crippen molar-refractivity contribution in [2.75, 3.05) is 20.1 Å². The Bertz CT molecular complexity index is 393. The molecule has 2 rings (SSSR count). The van der Waals surface area contributed by atoms with Gasteiger partial charge in [0.2, 0.25) is 5.91 Å². The predicted molar refractivity (Wildman–Crippen MR) is 78.3 cm³/mol. The summed E-state index contributed by atoms with van der Waals surface area (Å²) in [6.45, 7) is 3.97. The Morgan fingerprint density at radius 2 is 1.95 bits per heavy atom. The number of carbonyl (C=O) groups is 1. The quantitative estimate of drug-likeness (QED) is 0.923. The molecule has 0 bridgehead atoms. The minimum absolute atomic E-state index is 0. The topological polar surface area (TPSA) is 45.2 Å². The lowest BCUT2D eigenvalue weighted by molar-refractivity contribution is -0.137. The van der Waals surface area contributed by atoms with Gasteiger partial charge in [-0.3, -0.25) is 9.78 Å². The summed E-state index contributed by atoms with van der Waals surface area (Å²) in [6.07, 6.45) is 5.45. The Labute approximate surface area is 121 Å². The fourth-order valence-electron chi connectivity index (χ4n) is 2.41. The zero-order valence-corrected chi connectivity index (χ0v) is 12.3. The smallest absolute Gasteiger partial charge is 0.226 e. The van der Waals surface area contributed by atoms with Crippen LogP contribution in [0.25, 0.3) is 0 Å². The van der Waals surface area contributed by atoms with Crippen LogP contribution in [-0.2, 0) is 4.79 Å². The lowest BCUT2D eigenvalue weighted by Crippen LogP contribution is -2.40. The molecule has 1 N–H and O–H groups in total. The maximum atomic E-state index is 12.4. The second kappa shape index (κ2) is 7.46. The lowest BCUT2D eigenvalue weighted by atomic mass is 9.95. The average molecular weight is 284 g/mol. The Balaban J connectivity index is 0.00000180. The predicted octanol–water partition coefficient (Wildman–Crippen LogP) is 2.02. The van der Waals surface area contributed by atoms with Crippen LogP contribution < -0.4 is 5.32 Å². The normalized spacial score (nSPS) is 17.4. The zero-order valence-electron chi connectivity index (χ0n) is 11.5. The summed E-state index contributed by atoms with van der Waals surface area (Å²) in [5.74, 6) is 0.446. The number of nitrogens with one attached hydrogen (secondary N) is 1. The number of rotatable bonds is 3. The molecule has 1 unspecified atom stereocenters. The van der Waals surface area contributed by atoms with E-state index >= 15 is 0 Å². The summed E-state index contributed by atoms with van der Waals surface area (Å²) < 4.78 is 0. The molecule has 1 aromatic heterocycles. The van der Waals surface area contributed by atoms with Crippen LogP contribution in [0.2, 0.25) is 0 Å². The van der Waals surface area contributed by atoms with Gasteiger partial charge in [-0.1, -0.05) is 0 Å². The highest BCUT2D eigenvalue weighted by molar-refractivity contribution is 5.85. The molecule has 2 heterocycles. The van der Waals surface area contributed by atoms with Gasteiger partial charge in [-0.25, -0.2) is 0 Å². The summed E-state index contributed by atoms with van der Waals surface area (Å²) in [7, 11) is 1.90. The highest BCUT2D eigenvalue weighted by atomic mass is 35.5. The van der Waals surface area contributed by atoms with Gasteiger partial charge < -0.3 is 10.2 Å². The summed E-state index contributed by atoms with van der Waals surface area (Å²) >= 11 is 0. The maximum Gasteiger partial charge on any atom is 0.226 e. The van der Waals surface area contributed by atoms with Gasteiger partial charge in [0.25, 0.3) is 0 Å². The largest absolute Gasteiger partial charge is 0.339 e. The van der Waals surface area contributed by atoms with E-state index < -0.39 is 0 Å². The van der Waals surface area contributed by atoms with E-state index in [1.807, 2.05) is 24.1 Å². The molecule has 0 aromatic carbocycles. The van der Waals surface area contributed by atoms with Crippen molar-refractivity contribution in [3.8, 4) is 0 Å². The molecule has 1 aliphatic rings. The highest BCUT2D eigenvalue weighted by Crippen LogP contribution is 2.22. The molecule has 0 radical (unpaired) electrons. The Morgan fingerprint density at radius 1 is 1.37 bits per heavy atom. The molecule has 106 valence electrons. The van der Waals surface area contributed by atoms with Gasteiger partial charge in [0.05, 0.1) is 6.04 Å². The lowest BCUT2D eigenvalue weighted by Gasteiger charge is -2.31. The number of aromatic nitrogens is 1. The maximum absolute atomic E-state index is 12.4.